The van der Waals surface area contributed by atoms with Crippen molar-refractivity contribution in [3.8, 4) is 5.69 Å². The van der Waals surface area contributed by atoms with E-state index in [2.05, 4.69) is 54.1 Å². The zero-order valence-corrected chi connectivity index (χ0v) is 17.3. The Kier molecular flexibility index (Phi) is 5.72. The fourth-order valence-corrected chi connectivity index (χ4v) is 4.79. The van der Waals surface area contributed by atoms with Crippen molar-refractivity contribution < 1.29 is 4.79 Å². The molecule has 146 valence electrons. The van der Waals surface area contributed by atoms with E-state index in [0.717, 1.165) is 28.3 Å². The number of para-hydroxylation sites is 2. The third-order valence-electron chi connectivity index (χ3n) is 5.61. The molecule has 4 nitrogen and oxygen atoms in total. The van der Waals surface area contributed by atoms with E-state index in [1.807, 2.05) is 18.2 Å². The van der Waals surface area contributed by atoms with Gasteiger partial charge in [-0.05, 0) is 49.9 Å². The van der Waals surface area contributed by atoms with E-state index in [1.165, 1.54) is 36.6 Å². The highest BCUT2D eigenvalue weighted by molar-refractivity contribution is 7.99. The van der Waals surface area contributed by atoms with Crippen molar-refractivity contribution in [2.45, 2.75) is 50.7 Å². The van der Waals surface area contributed by atoms with Crippen LogP contribution in [0, 0.1) is 12.8 Å². The molecule has 1 aliphatic carbocycles. The molecule has 1 aromatic heterocycles. The van der Waals surface area contributed by atoms with Crippen molar-refractivity contribution in [2.75, 3.05) is 5.75 Å². The molecule has 0 bridgehead atoms. The zero-order chi connectivity index (χ0) is 19.5. The fraction of sp³-hybridized carbons (Fsp3) is 0.391. The first kappa shape index (κ1) is 19.1. The Balaban J connectivity index is 1.54. The van der Waals surface area contributed by atoms with Gasteiger partial charge in [0.25, 0.3) is 0 Å². The third-order valence-corrected chi connectivity index (χ3v) is 6.55. The van der Waals surface area contributed by atoms with Crippen LogP contribution in [0.15, 0.2) is 53.7 Å². The summed E-state index contributed by atoms with van der Waals surface area (Å²) < 4.78 is 2.15. The van der Waals surface area contributed by atoms with Gasteiger partial charge in [0.15, 0.2) is 5.16 Å². The molecule has 4 rings (SSSR count). The average molecular weight is 394 g/mol. The van der Waals surface area contributed by atoms with Gasteiger partial charge < -0.3 is 5.32 Å². The van der Waals surface area contributed by atoms with E-state index in [4.69, 9.17) is 4.98 Å². The van der Waals surface area contributed by atoms with E-state index in [9.17, 15) is 4.79 Å². The number of hydrogen-bond donors (Lipinski definition) is 1. The molecule has 1 aliphatic rings. The van der Waals surface area contributed by atoms with Gasteiger partial charge in [-0.1, -0.05) is 61.4 Å². The van der Waals surface area contributed by atoms with Crippen LogP contribution in [0.1, 0.15) is 38.2 Å². The van der Waals surface area contributed by atoms with Crippen LogP contribution in [-0.4, -0.2) is 27.3 Å². The molecule has 2 aromatic carbocycles. The predicted molar refractivity (Wildman–Crippen MR) is 116 cm³/mol. The van der Waals surface area contributed by atoms with Crippen LogP contribution in [0.2, 0.25) is 0 Å². The third kappa shape index (κ3) is 4.09. The molecule has 1 heterocycles. The summed E-state index contributed by atoms with van der Waals surface area (Å²) in [6.07, 6.45) is 4.80. The van der Waals surface area contributed by atoms with Gasteiger partial charge in [0, 0.05) is 11.7 Å². The van der Waals surface area contributed by atoms with E-state index >= 15 is 0 Å². The van der Waals surface area contributed by atoms with Crippen LogP contribution in [0.25, 0.3) is 16.7 Å². The maximum Gasteiger partial charge on any atom is 0.230 e. The largest absolute Gasteiger partial charge is 0.352 e. The van der Waals surface area contributed by atoms with Crippen molar-refractivity contribution in [1.82, 2.24) is 14.9 Å². The first-order valence-electron chi connectivity index (χ1n) is 10.1. The minimum absolute atomic E-state index is 0.103. The lowest BCUT2D eigenvalue weighted by atomic mass is 9.86. The van der Waals surface area contributed by atoms with Gasteiger partial charge in [0.1, 0.15) is 0 Å². The number of rotatable bonds is 5. The van der Waals surface area contributed by atoms with Crippen molar-refractivity contribution in [1.29, 1.82) is 0 Å². The number of aryl methyl sites for hydroxylation is 1. The highest BCUT2D eigenvalue weighted by atomic mass is 32.2. The van der Waals surface area contributed by atoms with E-state index in [0.29, 0.717) is 17.7 Å². The standard InChI is InChI=1S/C23H27N3OS/c1-16-11-13-18(14-12-16)26-21-10-6-5-9-20(21)25-23(26)28-15-22(27)24-19-8-4-3-7-17(19)2/h5-6,9-14,17,19H,3-4,7-8,15H2,1-2H3,(H,24,27)/t17-,19-/m1/s1. The van der Waals surface area contributed by atoms with Gasteiger partial charge in [-0.2, -0.15) is 0 Å². The second-order valence-corrected chi connectivity index (χ2v) is 8.72. The Labute approximate surface area is 170 Å². The number of carbonyl (C=O) groups excluding carboxylic acids is 1. The Morgan fingerprint density at radius 3 is 2.68 bits per heavy atom. The molecule has 28 heavy (non-hydrogen) atoms. The monoisotopic (exact) mass is 393 g/mol. The topological polar surface area (TPSA) is 46.9 Å². The highest BCUT2D eigenvalue weighted by Crippen LogP contribution is 2.28. The Morgan fingerprint density at radius 2 is 1.89 bits per heavy atom. The molecule has 2 atom stereocenters. The Bertz CT molecular complexity index is 964. The summed E-state index contributed by atoms with van der Waals surface area (Å²) in [5, 5.41) is 4.10. The minimum atomic E-state index is 0.103. The number of amides is 1. The Hall–Kier alpha value is -2.27. The Morgan fingerprint density at radius 1 is 1.14 bits per heavy atom. The normalized spacial score (nSPS) is 19.6. The number of benzene rings is 2. The van der Waals surface area contributed by atoms with Crippen LogP contribution in [0.5, 0.6) is 0 Å². The number of thioether (sulfide) groups is 1. The summed E-state index contributed by atoms with van der Waals surface area (Å²) in [5.41, 5.74) is 4.31. The molecule has 0 radical (unpaired) electrons. The van der Waals surface area contributed by atoms with E-state index in [1.54, 1.807) is 0 Å². The summed E-state index contributed by atoms with van der Waals surface area (Å²) >= 11 is 1.51. The lowest BCUT2D eigenvalue weighted by Gasteiger charge is -2.29. The van der Waals surface area contributed by atoms with Crippen molar-refractivity contribution >= 4 is 28.7 Å². The lowest BCUT2D eigenvalue weighted by Crippen LogP contribution is -2.41. The van der Waals surface area contributed by atoms with Gasteiger partial charge in [-0.15, -0.1) is 0 Å². The van der Waals surface area contributed by atoms with Gasteiger partial charge >= 0.3 is 0 Å². The van der Waals surface area contributed by atoms with Crippen LogP contribution in [0.4, 0.5) is 0 Å². The number of nitrogens with one attached hydrogen (secondary N) is 1. The minimum Gasteiger partial charge on any atom is -0.352 e. The summed E-state index contributed by atoms with van der Waals surface area (Å²) in [5.74, 6) is 1.06. The predicted octanol–water partition coefficient (Wildman–Crippen LogP) is 5.12. The molecule has 1 amide bonds. The molecule has 0 saturated heterocycles. The number of nitrogens with zero attached hydrogens (tertiary/aromatic N) is 2. The number of fused-ring (bicyclic) bond motifs is 1. The van der Waals surface area contributed by atoms with Gasteiger partial charge in [-0.3, -0.25) is 9.36 Å². The molecule has 5 heteroatoms. The summed E-state index contributed by atoms with van der Waals surface area (Å²) in [6.45, 7) is 4.33. The molecular weight excluding hydrogens is 366 g/mol. The van der Waals surface area contributed by atoms with Crippen molar-refractivity contribution in [2.24, 2.45) is 5.92 Å². The van der Waals surface area contributed by atoms with Crippen LogP contribution in [0.3, 0.4) is 0 Å². The van der Waals surface area contributed by atoms with Gasteiger partial charge in [0.05, 0.1) is 16.8 Å². The van der Waals surface area contributed by atoms with E-state index < -0.39 is 0 Å². The summed E-state index contributed by atoms with van der Waals surface area (Å²) in [6, 6.07) is 16.9. The fourth-order valence-electron chi connectivity index (χ4n) is 3.95. The quantitative estimate of drug-likeness (QED) is 0.612. The van der Waals surface area contributed by atoms with Crippen molar-refractivity contribution in [3.63, 3.8) is 0 Å². The molecule has 0 spiro atoms. The smallest absolute Gasteiger partial charge is 0.230 e. The molecular formula is C23H27N3OS. The maximum absolute atomic E-state index is 12.6. The molecule has 1 N–H and O–H groups in total. The SMILES string of the molecule is Cc1ccc(-n2c(SCC(=O)N[C@@H]3CCCC[C@H]3C)nc3ccccc32)cc1. The van der Waals surface area contributed by atoms with Gasteiger partial charge in [-0.25, -0.2) is 4.98 Å². The van der Waals surface area contributed by atoms with Gasteiger partial charge in [0.2, 0.25) is 5.91 Å². The summed E-state index contributed by atoms with van der Waals surface area (Å²) in [7, 11) is 0. The second kappa shape index (κ2) is 8.39. The van der Waals surface area contributed by atoms with Crippen LogP contribution >= 0.6 is 11.8 Å². The molecule has 1 fully saturated rings. The zero-order valence-electron chi connectivity index (χ0n) is 16.5. The van der Waals surface area contributed by atoms with Crippen molar-refractivity contribution in [3.05, 3.63) is 54.1 Å². The molecule has 0 aliphatic heterocycles. The first-order chi connectivity index (χ1) is 13.6. The number of hydrogen-bond acceptors (Lipinski definition) is 3. The first-order valence-corrected chi connectivity index (χ1v) is 11.1. The molecule has 3 aromatic rings. The number of imidazole rings is 1. The highest BCUT2D eigenvalue weighted by Gasteiger charge is 2.23. The van der Waals surface area contributed by atoms with Crippen LogP contribution < -0.4 is 5.32 Å². The molecule has 0 unspecified atom stereocenters. The second-order valence-electron chi connectivity index (χ2n) is 7.78. The number of carbonyl (C=O) groups is 1. The maximum atomic E-state index is 12.6. The lowest BCUT2D eigenvalue weighted by molar-refractivity contribution is -0.119. The molecule has 1 saturated carbocycles. The average Bonchev–Trinajstić information content (AvgIpc) is 3.07. The summed E-state index contributed by atoms with van der Waals surface area (Å²) in [4.78, 5) is 17.4. The number of aromatic nitrogens is 2. The van der Waals surface area contributed by atoms with Crippen LogP contribution in [-0.2, 0) is 4.79 Å². The van der Waals surface area contributed by atoms with E-state index in [-0.39, 0.29) is 5.91 Å².